The highest BCUT2D eigenvalue weighted by Gasteiger charge is 2.35. The van der Waals surface area contributed by atoms with Crippen molar-refractivity contribution in [3.63, 3.8) is 0 Å². The van der Waals surface area contributed by atoms with Crippen LogP contribution in [0.4, 0.5) is 5.69 Å². The van der Waals surface area contributed by atoms with Gasteiger partial charge in [-0.25, -0.2) is 8.42 Å². The van der Waals surface area contributed by atoms with Crippen molar-refractivity contribution in [1.29, 1.82) is 0 Å². The molecule has 1 N–H and O–H groups in total. The maximum Gasteiger partial charge on any atom is 0.264 e. The molecule has 0 heterocycles. The Bertz CT molecular complexity index is 1690. The van der Waals surface area contributed by atoms with Gasteiger partial charge in [0.25, 0.3) is 10.0 Å². The normalized spacial score (nSPS) is 12.6. The fourth-order valence-corrected chi connectivity index (χ4v) is 6.92. The first kappa shape index (κ1) is 34.5. The van der Waals surface area contributed by atoms with E-state index in [0.717, 1.165) is 14.3 Å². The Kier molecular flexibility index (Phi) is 12.1. The zero-order valence-corrected chi connectivity index (χ0v) is 28.8. The molecule has 0 aliphatic carbocycles. The minimum atomic E-state index is -4.19. The highest BCUT2D eigenvalue weighted by atomic mass is 79.9. The number of sulfonamides is 1. The van der Waals surface area contributed by atoms with Gasteiger partial charge >= 0.3 is 0 Å². The van der Waals surface area contributed by atoms with E-state index < -0.39 is 28.5 Å². The summed E-state index contributed by atoms with van der Waals surface area (Å²) in [6.45, 7) is 3.13. The molecule has 45 heavy (non-hydrogen) atoms. The van der Waals surface area contributed by atoms with Crippen molar-refractivity contribution < 1.29 is 18.0 Å². The molecule has 236 valence electrons. The van der Waals surface area contributed by atoms with E-state index in [0.29, 0.717) is 22.0 Å². The Morgan fingerprint density at radius 1 is 0.844 bits per heavy atom. The molecule has 0 saturated heterocycles. The van der Waals surface area contributed by atoms with Crippen LogP contribution in [-0.4, -0.2) is 43.8 Å². The lowest BCUT2D eigenvalue weighted by molar-refractivity contribution is -0.140. The van der Waals surface area contributed by atoms with Gasteiger partial charge in [-0.1, -0.05) is 101 Å². The van der Waals surface area contributed by atoms with Gasteiger partial charge in [0.2, 0.25) is 11.8 Å². The molecule has 0 radical (unpaired) electrons. The molecule has 0 aliphatic heterocycles. The maximum absolute atomic E-state index is 14.5. The van der Waals surface area contributed by atoms with Crippen molar-refractivity contribution in [3.8, 4) is 0 Å². The topological polar surface area (TPSA) is 86.8 Å². The van der Waals surface area contributed by atoms with E-state index in [2.05, 4.69) is 21.2 Å². The predicted molar refractivity (Wildman–Crippen MR) is 184 cm³/mol. The molecule has 11 heteroatoms. The quantitative estimate of drug-likeness (QED) is 0.154. The lowest BCUT2D eigenvalue weighted by atomic mass is 10.0. The molecule has 2 atom stereocenters. The third-order valence-electron chi connectivity index (χ3n) is 7.39. The highest BCUT2D eigenvalue weighted by molar-refractivity contribution is 9.10. The van der Waals surface area contributed by atoms with Gasteiger partial charge in [0.1, 0.15) is 12.6 Å². The van der Waals surface area contributed by atoms with E-state index in [1.165, 1.54) is 17.0 Å². The zero-order chi connectivity index (χ0) is 32.6. The van der Waals surface area contributed by atoms with Crippen molar-refractivity contribution >= 4 is 66.7 Å². The summed E-state index contributed by atoms with van der Waals surface area (Å²) in [7, 11) is -4.19. The van der Waals surface area contributed by atoms with Crippen molar-refractivity contribution in [3.05, 3.63) is 129 Å². The van der Waals surface area contributed by atoms with Crippen molar-refractivity contribution in [2.75, 3.05) is 10.8 Å². The highest BCUT2D eigenvalue weighted by Crippen LogP contribution is 2.29. The van der Waals surface area contributed by atoms with Gasteiger partial charge in [0, 0.05) is 39.1 Å². The molecule has 0 bridgehead atoms. The summed E-state index contributed by atoms with van der Waals surface area (Å²) in [5, 5.41) is 3.66. The number of rotatable bonds is 13. The van der Waals surface area contributed by atoms with E-state index >= 15 is 0 Å². The number of halogens is 3. The summed E-state index contributed by atoms with van der Waals surface area (Å²) in [4.78, 5) is 29.9. The predicted octanol–water partition coefficient (Wildman–Crippen LogP) is 7.51. The Balaban J connectivity index is 1.83. The monoisotopic (exact) mass is 729 g/mol. The number of hydrogen-bond donors (Lipinski definition) is 1. The molecule has 4 rings (SSSR count). The van der Waals surface area contributed by atoms with Gasteiger partial charge < -0.3 is 10.2 Å². The number of hydrogen-bond acceptors (Lipinski definition) is 4. The van der Waals surface area contributed by atoms with E-state index in [9.17, 15) is 18.0 Å². The first-order valence-corrected chi connectivity index (χ1v) is 17.4. The van der Waals surface area contributed by atoms with Crippen LogP contribution < -0.4 is 9.62 Å². The molecule has 0 saturated carbocycles. The largest absolute Gasteiger partial charge is 0.352 e. The molecule has 0 aliphatic rings. The summed E-state index contributed by atoms with van der Waals surface area (Å²) < 4.78 is 29.9. The SMILES string of the molecule is CC[C@H](C)NC(=O)[C@@H](Cc1ccccc1)N(Cc1c(Cl)cccc1Cl)C(=O)CN(c1ccc(Br)cc1)S(=O)(=O)c1ccccc1. The molecular weight excluding hydrogens is 697 g/mol. The van der Waals surface area contributed by atoms with Gasteiger partial charge in [0.05, 0.1) is 10.6 Å². The second-order valence-electron chi connectivity index (χ2n) is 10.5. The smallest absolute Gasteiger partial charge is 0.264 e. The van der Waals surface area contributed by atoms with Crippen LogP contribution >= 0.6 is 39.1 Å². The average molecular weight is 732 g/mol. The van der Waals surface area contributed by atoms with Gasteiger partial charge in [-0.15, -0.1) is 0 Å². The Morgan fingerprint density at radius 2 is 1.42 bits per heavy atom. The molecule has 0 fully saturated rings. The standard InChI is InChI=1S/C34H34BrCl2N3O4S/c1-3-24(2)38-34(42)32(21-25-11-6-4-7-12-25)39(22-29-30(36)15-10-16-31(29)37)33(41)23-40(27-19-17-26(35)18-20-27)45(43,44)28-13-8-5-9-14-28/h4-20,24,32H,3,21-23H2,1-2H3,(H,38,42)/t24-,32+/m0/s1. The Morgan fingerprint density at radius 3 is 2.00 bits per heavy atom. The van der Waals surface area contributed by atoms with Crippen molar-refractivity contribution in [2.24, 2.45) is 0 Å². The third kappa shape index (κ3) is 8.88. The molecule has 0 unspecified atom stereocenters. The van der Waals surface area contributed by atoms with Gasteiger partial charge in [-0.05, 0) is 67.4 Å². The first-order valence-electron chi connectivity index (χ1n) is 14.4. The van der Waals surface area contributed by atoms with Crippen LogP contribution in [0.15, 0.2) is 112 Å². The number of amides is 2. The Hall–Kier alpha value is -3.37. The van der Waals surface area contributed by atoms with E-state index in [-0.39, 0.29) is 35.5 Å². The zero-order valence-electron chi connectivity index (χ0n) is 24.9. The van der Waals surface area contributed by atoms with Crippen LogP contribution in [0.1, 0.15) is 31.4 Å². The summed E-state index contributed by atoms with van der Waals surface area (Å²) in [5.41, 5.74) is 1.56. The molecule has 0 spiro atoms. The number of nitrogens with zero attached hydrogens (tertiary/aromatic N) is 2. The Labute approximate surface area is 283 Å². The maximum atomic E-state index is 14.5. The van der Waals surface area contributed by atoms with Gasteiger partial charge in [0.15, 0.2) is 0 Å². The number of anilines is 1. The first-order chi connectivity index (χ1) is 21.5. The van der Waals surface area contributed by atoms with Crippen molar-refractivity contribution in [1.82, 2.24) is 10.2 Å². The summed E-state index contributed by atoms with van der Waals surface area (Å²) in [5.74, 6) is -0.973. The third-order valence-corrected chi connectivity index (χ3v) is 10.4. The summed E-state index contributed by atoms with van der Waals surface area (Å²) >= 11 is 16.5. The second-order valence-corrected chi connectivity index (χ2v) is 14.1. The van der Waals surface area contributed by atoms with Crippen LogP contribution in [0.25, 0.3) is 0 Å². The summed E-state index contributed by atoms with van der Waals surface area (Å²) in [6.07, 6.45) is 0.862. The minimum absolute atomic E-state index is 0.0248. The molecule has 4 aromatic rings. The van der Waals surface area contributed by atoms with Gasteiger partial charge in [-0.2, -0.15) is 0 Å². The van der Waals surface area contributed by atoms with Crippen LogP contribution in [0, 0.1) is 0 Å². The van der Waals surface area contributed by atoms with Gasteiger partial charge in [-0.3, -0.25) is 13.9 Å². The van der Waals surface area contributed by atoms with E-state index in [4.69, 9.17) is 23.2 Å². The fraction of sp³-hybridized carbons (Fsp3) is 0.235. The second kappa shape index (κ2) is 15.8. The number of nitrogens with one attached hydrogen (secondary N) is 1. The molecule has 7 nitrogen and oxygen atoms in total. The fourth-order valence-electron chi connectivity index (χ4n) is 4.70. The van der Waals surface area contributed by atoms with Crippen LogP contribution in [0.3, 0.4) is 0 Å². The van der Waals surface area contributed by atoms with Crippen LogP contribution in [0.2, 0.25) is 10.0 Å². The van der Waals surface area contributed by atoms with Crippen LogP contribution in [0.5, 0.6) is 0 Å². The minimum Gasteiger partial charge on any atom is -0.352 e. The van der Waals surface area contributed by atoms with E-state index in [1.54, 1.807) is 60.7 Å². The lowest BCUT2D eigenvalue weighted by Crippen LogP contribution is -2.54. The number of benzene rings is 4. The van der Waals surface area contributed by atoms with Crippen molar-refractivity contribution in [2.45, 2.75) is 50.2 Å². The average Bonchev–Trinajstić information content (AvgIpc) is 3.04. The van der Waals surface area contributed by atoms with Crippen LogP contribution in [-0.2, 0) is 32.6 Å². The molecular formula is C34H34BrCl2N3O4S. The number of carbonyl (C=O) groups excluding carboxylic acids is 2. The molecule has 2 amide bonds. The number of carbonyl (C=O) groups is 2. The van der Waals surface area contributed by atoms with E-state index in [1.807, 2.05) is 44.2 Å². The molecule has 0 aromatic heterocycles. The summed E-state index contributed by atoms with van der Waals surface area (Å²) in [6, 6.07) is 27.7. The lowest BCUT2D eigenvalue weighted by Gasteiger charge is -2.34. The molecule has 4 aromatic carbocycles.